The zero-order chi connectivity index (χ0) is 17.2. The van der Waals surface area contributed by atoms with Crippen LogP contribution in [0, 0.1) is 0 Å². The van der Waals surface area contributed by atoms with Crippen LogP contribution < -0.4 is 4.90 Å². The predicted molar refractivity (Wildman–Crippen MR) is 94.1 cm³/mol. The Hall–Kier alpha value is -1.63. The van der Waals surface area contributed by atoms with Crippen LogP contribution in [0.2, 0.25) is 0 Å². The number of nitrogens with zero attached hydrogens (tertiary/aromatic N) is 3. The number of amides is 1. The third kappa shape index (κ3) is 3.88. The number of aromatic nitrogens is 1. The molecule has 0 radical (unpaired) electrons. The number of hydrogen-bond acceptors (Lipinski definition) is 5. The van der Waals surface area contributed by atoms with Crippen molar-refractivity contribution in [1.82, 2.24) is 9.88 Å². The van der Waals surface area contributed by atoms with Gasteiger partial charge in [0.25, 0.3) is 5.91 Å². The molecule has 1 aromatic rings. The van der Waals surface area contributed by atoms with Crippen molar-refractivity contribution in [1.29, 1.82) is 0 Å². The van der Waals surface area contributed by atoms with Gasteiger partial charge in [-0.1, -0.05) is 12.8 Å². The van der Waals surface area contributed by atoms with Gasteiger partial charge < -0.3 is 9.80 Å². The van der Waals surface area contributed by atoms with Crippen LogP contribution in [0.4, 0.5) is 5.69 Å². The van der Waals surface area contributed by atoms with E-state index < -0.39 is 9.84 Å². The van der Waals surface area contributed by atoms with E-state index in [2.05, 4.69) is 4.98 Å². The van der Waals surface area contributed by atoms with E-state index in [0.29, 0.717) is 12.0 Å². The summed E-state index contributed by atoms with van der Waals surface area (Å²) in [6.45, 7) is 1.61. The topological polar surface area (TPSA) is 70.6 Å². The summed E-state index contributed by atoms with van der Waals surface area (Å²) in [5, 5.41) is 0. The first kappa shape index (κ1) is 17.2. The molecule has 3 heterocycles. The number of likely N-dealkylation sites (tertiary alicyclic amines) is 1. The second-order valence-electron chi connectivity index (χ2n) is 6.81. The van der Waals surface area contributed by atoms with Gasteiger partial charge in [-0.3, -0.25) is 9.78 Å². The molecular weight excluding hydrogens is 326 g/mol. The summed E-state index contributed by atoms with van der Waals surface area (Å²) in [5.74, 6) is 0.439. The normalized spacial score (nSPS) is 23.7. The van der Waals surface area contributed by atoms with Gasteiger partial charge in [-0.15, -0.1) is 0 Å². The zero-order valence-electron chi connectivity index (χ0n) is 14.1. The van der Waals surface area contributed by atoms with Crippen LogP contribution in [0.25, 0.3) is 0 Å². The molecule has 2 aliphatic heterocycles. The predicted octanol–water partition coefficient (Wildman–Crippen LogP) is 1.72. The highest BCUT2D eigenvalue weighted by atomic mass is 32.2. The first-order valence-electron chi connectivity index (χ1n) is 8.64. The fraction of sp³-hybridized carbons (Fsp3) is 0.647. The summed E-state index contributed by atoms with van der Waals surface area (Å²) in [5.41, 5.74) is 1.39. The molecule has 1 aromatic heterocycles. The van der Waals surface area contributed by atoms with E-state index in [-0.39, 0.29) is 23.5 Å². The highest BCUT2D eigenvalue weighted by molar-refractivity contribution is 7.91. The van der Waals surface area contributed by atoms with E-state index in [1.807, 2.05) is 22.9 Å². The molecule has 0 aliphatic carbocycles. The smallest absolute Gasteiger partial charge is 0.255 e. The zero-order valence-corrected chi connectivity index (χ0v) is 15.0. The van der Waals surface area contributed by atoms with Crippen LogP contribution in [0.15, 0.2) is 18.5 Å². The lowest BCUT2D eigenvalue weighted by Gasteiger charge is -2.26. The molecule has 1 atom stereocenters. The number of rotatable bonds is 3. The van der Waals surface area contributed by atoms with E-state index in [9.17, 15) is 13.2 Å². The minimum absolute atomic E-state index is 0.0266. The van der Waals surface area contributed by atoms with Crippen LogP contribution >= 0.6 is 0 Å². The van der Waals surface area contributed by atoms with Crippen molar-refractivity contribution < 1.29 is 13.2 Å². The number of sulfone groups is 1. The second-order valence-corrected chi connectivity index (χ2v) is 9.03. The maximum Gasteiger partial charge on any atom is 0.255 e. The van der Waals surface area contributed by atoms with Gasteiger partial charge in [0.2, 0.25) is 0 Å². The number of hydrogen-bond donors (Lipinski definition) is 0. The molecule has 0 aromatic carbocycles. The van der Waals surface area contributed by atoms with Gasteiger partial charge in [0.05, 0.1) is 29.0 Å². The first-order valence-corrected chi connectivity index (χ1v) is 10.5. The molecule has 0 bridgehead atoms. The molecule has 0 saturated carbocycles. The van der Waals surface area contributed by atoms with Crippen molar-refractivity contribution >= 4 is 21.4 Å². The molecule has 24 heavy (non-hydrogen) atoms. The van der Waals surface area contributed by atoms with Crippen LogP contribution in [-0.2, 0) is 9.84 Å². The summed E-state index contributed by atoms with van der Waals surface area (Å²) in [6.07, 6.45) is 8.41. The van der Waals surface area contributed by atoms with E-state index in [1.54, 1.807) is 12.4 Å². The van der Waals surface area contributed by atoms with Crippen LogP contribution in [0.3, 0.4) is 0 Å². The van der Waals surface area contributed by atoms with Crippen molar-refractivity contribution in [3.05, 3.63) is 24.0 Å². The number of carbonyl (C=O) groups is 1. The molecule has 7 heteroatoms. The van der Waals surface area contributed by atoms with E-state index >= 15 is 0 Å². The molecule has 3 rings (SSSR count). The van der Waals surface area contributed by atoms with Crippen molar-refractivity contribution in [2.24, 2.45) is 0 Å². The summed E-state index contributed by atoms with van der Waals surface area (Å²) >= 11 is 0. The lowest BCUT2D eigenvalue weighted by molar-refractivity contribution is 0.0761. The van der Waals surface area contributed by atoms with E-state index in [4.69, 9.17) is 0 Å². The highest BCUT2D eigenvalue weighted by Crippen LogP contribution is 2.23. The lowest BCUT2D eigenvalue weighted by atomic mass is 10.2. The van der Waals surface area contributed by atoms with Crippen molar-refractivity contribution in [3.8, 4) is 0 Å². The minimum Gasteiger partial charge on any atom is -0.369 e. The first-order chi connectivity index (χ1) is 11.5. The van der Waals surface area contributed by atoms with Gasteiger partial charge in [-0.2, -0.15) is 0 Å². The summed E-state index contributed by atoms with van der Waals surface area (Å²) in [4.78, 5) is 20.8. The third-order valence-electron chi connectivity index (χ3n) is 5.03. The molecule has 1 unspecified atom stereocenters. The highest BCUT2D eigenvalue weighted by Gasteiger charge is 2.31. The quantitative estimate of drug-likeness (QED) is 0.829. The molecule has 2 fully saturated rings. The number of anilines is 1. The molecule has 2 saturated heterocycles. The molecule has 6 nitrogen and oxygen atoms in total. The largest absolute Gasteiger partial charge is 0.369 e. The van der Waals surface area contributed by atoms with E-state index in [0.717, 1.165) is 31.6 Å². The van der Waals surface area contributed by atoms with Crippen LogP contribution in [0.1, 0.15) is 42.5 Å². The minimum atomic E-state index is -2.93. The van der Waals surface area contributed by atoms with Gasteiger partial charge in [0.1, 0.15) is 0 Å². The monoisotopic (exact) mass is 351 g/mol. The van der Waals surface area contributed by atoms with Crippen LogP contribution in [0.5, 0.6) is 0 Å². The van der Waals surface area contributed by atoms with Crippen molar-refractivity contribution in [2.45, 2.75) is 38.1 Å². The van der Waals surface area contributed by atoms with Gasteiger partial charge in [-0.05, 0) is 25.3 Å². The van der Waals surface area contributed by atoms with E-state index in [1.165, 1.54) is 12.8 Å². The maximum absolute atomic E-state index is 12.7. The standard InChI is InChI=1S/C17H25N3O3S/c1-19(15-6-9-24(22,23)13-15)16-10-14(11-18-12-16)17(21)20-7-4-2-3-5-8-20/h10-12,15H,2-9,13H2,1H3. The molecule has 1 amide bonds. The Balaban J connectivity index is 1.75. The summed E-state index contributed by atoms with van der Waals surface area (Å²) < 4.78 is 23.4. The Labute approximate surface area is 143 Å². The molecule has 0 spiro atoms. The second kappa shape index (κ2) is 7.09. The average Bonchev–Trinajstić information content (AvgIpc) is 2.79. The van der Waals surface area contributed by atoms with Crippen molar-refractivity contribution in [2.75, 3.05) is 36.5 Å². The molecule has 132 valence electrons. The fourth-order valence-electron chi connectivity index (χ4n) is 3.49. The van der Waals surface area contributed by atoms with Crippen LogP contribution in [-0.4, -0.2) is 61.9 Å². The Morgan fingerprint density at radius 3 is 2.54 bits per heavy atom. The Morgan fingerprint density at radius 2 is 1.92 bits per heavy atom. The lowest BCUT2D eigenvalue weighted by Crippen LogP contribution is -2.34. The average molecular weight is 351 g/mol. The maximum atomic E-state index is 12.7. The van der Waals surface area contributed by atoms with Gasteiger partial charge in [0.15, 0.2) is 9.84 Å². The molecule has 2 aliphatic rings. The van der Waals surface area contributed by atoms with Crippen molar-refractivity contribution in [3.63, 3.8) is 0 Å². The summed E-state index contributed by atoms with van der Waals surface area (Å²) in [6, 6.07) is 1.80. The Kier molecular flexibility index (Phi) is 5.08. The number of carbonyl (C=O) groups excluding carboxylic acids is 1. The molecule has 0 N–H and O–H groups in total. The Morgan fingerprint density at radius 1 is 1.21 bits per heavy atom. The van der Waals surface area contributed by atoms with Gasteiger partial charge in [0, 0.05) is 32.4 Å². The van der Waals surface area contributed by atoms with Gasteiger partial charge in [-0.25, -0.2) is 8.42 Å². The molecular formula is C17H25N3O3S. The van der Waals surface area contributed by atoms with Gasteiger partial charge >= 0.3 is 0 Å². The number of pyridine rings is 1. The SMILES string of the molecule is CN(c1cncc(C(=O)N2CCCCCC2)c1)C1CCS(=O)(=O)C1. The Bertz CT molecular complexity index is 697. The summed E-state index contributed by atoms with van der Waals surface area (Å²) in [7, 11) is -1.06. The fourth-order valence-corrected chi connectivity index (χ4v) is 5.26. The third-order valence-corrected chi connectivity index (χ3v) is 6.78.